The molecule has 94 valence electrons. The van der Waals surface area contributed by atoms with Gasteiger partial charge in [0.2, 0.25) is 5.95 Å². The van der Waals surface area contributed by atoms with Crippen LogP contribution in [0.3, 0.4) is 0 Å². The van der Waals surface area contributed by atoms with E-state index < -0.39 is 0 Å². The predicted octanol–water partition coefficient (Wildman–Crippen LogP) is 1.38. The van der Waals surface area contributed by atoms with Gasteiger partial charge in [-0.3, -0.25) is 5.32 Å². The van der Waals surface area contributed by atoms with Gasteiger partial charge in [0.15, 0.2) is 5.11 Å². The maximum absolute atomic E-state index is 13.4. The monoisotopic (exact) mass is 265 g/mol. The molecule has 0 saturated carbocycles. The summed E-state index contributed by atoms with van der Waals surface area (Å²) in [4.78, 5) is 4.02. The molecule has 0 bridgehead atoms. The summed E-state index contributed by atoms with van der Waals surface area (Å²) in [7, 11) is 1.70. The molecule has 0 aliphatic carbocycles. The van der Waals surface area contributed by atoms with E-state index in [-0.39, 0.29) is 5.82 Å². The van der Waals surface area contributed by atoms with E-state index in [1.54, 1.807) is 29.9 Å². The van der Waals surface area contributed by atoms with Gasteiger partial charge in [-0.15, -0.1) is 5.10 Å². The average molecular weight is 265 g/mol. The van der Waals surface area contributed by atoms with Gasteiger partial charge >= 0.3 is 0 Å². The minimum Gasteiger partial charge on any atom is -0.365 e. The van der Waals surface area contributed by atoms with Gasteiger partial charge in [0.25, 0.3) is 0 Å². The molecule has 0 spiro atoms. The molecule has 18 heavy (non-hydrogen) atoms. The highest BCUT2D eigenvalue weighted by molar-refractivity contribution is 7.80. The number of benzene rings is 1. The summed E-state index contributed by atoms with van der Waals surface area (Å²) < 4.78 is 15.0. The van der Waals surface area contributed by atoms with E-state index in [4.69, 9.17) is 12.2 Å². The molecule has 1 heterocycles. The molecule has 0 fully saturated rings. The molecule has 1 aromatic carbocycles. The van der Waals surface area contributed by atoms with Gasteiger partial charge in [0, 0.05) is 12.6 Å². The highest BCUT2D eigenvalue weighted by Gasteiger charge is 2.05. The van der Waals surface area contributed by atoms with Crippen molar-refractivity contribution in [2.45, 2.75) is 6.54 Å². The van der Waals surface area contributed by atoms with Gasteiger partial charge < -0.3 is 5.32 Å². The Labute approximate surface area is 109 Å². The van der Waals surface area contributed by atoms with Crippen molar-refractivity contribution >= 4 is 23.3 Å². The zero-order valence-corrected chi connectivity index (χ0v) is 10.5. The Morgan fingerprint density at radius 3 is 2.94 bits per heavy atom. The predicted molar refractivity (Wildman–Crippen MR) is 70.8 cm³/mol. The summed E-state index contributed by atoms with van der Waals surface area (Å²) in [5.74, 6) is 0.124. The van der Waals surface area contributed by atoms with E-state index in [1.165, 1.54) is 12.4 Å². The van der Waals surface area contributed by atoms with Gasteiger partial charge in [-0.05, 0) is 18.3 Å². The zero-order chi connectivity index (χ0) is 13.0. The Morgan fingerprint density at radius 1 is 1.44 bits per heavy atom. The van der Waals surface area contributed by atoms with Gasteiger partial charge in [-0.2, -0.15) is 0 Å². The van der Waals surface area contributed by atoms with Crippen molar-refractivity contribution < 1.29 is 4.39 Å². The summed E-state index contributed by atoms with van der Waals surface area (Å²) >= 11 is 4.93. The van der Waals surface area contributed by atoms with Crippen molar-refractivity contribution in [3.05, 3.63) is 42.0 Å². The molecule has 0 unspecified atom stereocenters. The lowest BCUT2D eigenvalue weighted by atomic mass is 10.2. The van der Waals surface area contributed by atoms with Crippen molar-refractivity contribution in [1.29, 1.82) is 0 Å². The summed E-state index contributed by atoms with van der Waals surface area (Å²) in [5.41, 5.74) is 0.560. The number of nitrogens with one attached hydrogen (secondary N) is 2. The number of halogens is 1. The summed E-state index contributed by atoms with van der Waals surface area (Å²) in [6, 6.07) is 6.56. The number of hydrogen-bond acceptors (Lipinski definition) is 3. The zero-order valence-electron chi connectivity index (χ0n) is 9.72. The summed E-state index contributed by atoms with van der Waals surface area (Å²) in [6.45, 7) is 0.327. The lowest BCUT2D eigenvalue weighted by molar-refractivity contribution is 0.585. The Bertz CT molecular complexity index is 554. The number of thiocarbonyl (C=S) groups is 1. The number of anilines is 1. The van der Waals surface area contributed by atoms with Crippen LogP contribution in [-0.2, 0) is 6.54 Å². The first-order valence-corrected chi connectivity index (χ1v) is 5.71. The average Bonchev–Trinajstić information content (AvgIpc) is 2.79. The SMILES string of the molecule is CNC(=S)Nc1ncn(Cc2ccccc2F)n1. The van der Waals surface area contributed by atoms with E-state index in [1.807, 2.05) is 0 Å². The molecule has 5 nitrogen and oxygen atoms in total. The van der Waals surface area contributed by atoms with Crippen LogP contribution >= 0.6 is 12.2 Å². The maximum atomic E-state index is 13.4. The summed E-state index contributed by atoms with van der Waals surface area (Å²) in [6.07, 6.45) is 1.52. The fraction of sp³-hybridized carbons (Fsp3) is 0.182. The first-order valence-electron chi connectivity index (χ1n) is 5.30. The molecule has 0 aliphatic heterocycles. The van der Waals surface area contributed by atoms with Crippen LogP contribution in [0.5, 0.6) is 0 Å². The minimum absolute atomic E-state index is 0.256. The van der Waals surface area contributed by atoms with Gasteiger partial charge in [-0.25, -0.2) is 14.1 Å². The standard InChI is InChI=1S/C11H12FN5S/c1-13-11(18)15-10-14-7-17(16-10)6-8-4-2-3-5-9(8)12/h2-5,7H,6H2,1H3,(H2,13,15,16,18). The molecule has 2 rings (SSSR count). The number of nitrogens with zero attached hydrogens (tertiary/aromatic N) is 3. The van der Waals surface area contributed by atoms with E-state index in [0.29, 0.717) is 23.2 Å². The van der Waals surface area contributed by atoms with E-state index in [0.717, 1.165) is 0 Å². The van der Waals surface area contributed by atoms with Crippen molar-refractivity contribution in [3.8, 4) is 0 Å². The molecule has 2 N–H and O–H groups in total. The highest BCUT2D eigenvalue weighted by atomic mass is 32.1. The van der Waals surface area contributed by atoms with E-state index in [2.05, 4.69) is 20.7 Å². The molecular weight excluding hydrogens is 253 g/mol. The second-order valence-electron chi connectivity index (χ2n) is 3.56. The van der Waals surface area contributed by atoms with Crippen LogP contribution in [0.2, 0.25) is 0 Å². The third kappa shape index (κ3) is 3.01. The van der Waals surface area contributed by atoms with Crippen molar-refractivity contribution in [2.24, 2.45) is 0 Å². The van der Waals surface area contributed by atoms with Crippen molar-refractivity contribution in [2.75, 3.05) is 12.4 Å². The van der Waals surface area contributed by atoms with Gasteiger partial charge in [0.1, 0.15) is 12.1 Å². The third-order valence-electron chi connectivity index (χ3n) is 2.28. The Morgan fingerprint density at radius 2 is 2.22 bits per heavy atom. The summed E-state index contributed by atoms with van der Waals surface area (Å²) in [5, 5.41) is 10.1. The molecule has 7 heteroatoms. The van der Waals surface area contributed by atoms with Crippen LogP contribution in [0.4, 0.5) is 10.3 Å². The highest BCUT2D eigenvalue weighted by Crippen LogP contribution is 2.08. The van der Waals surface area contributed by atoms with Crippen molar-refractivity contribution in [3.63, 3.8) is 0 Å². The molecule has 0 aliphatic rings. The minimum atomic E-state index is -0.256. The molecular formula is C11H12FN5S. The maximum Gasteiger partial charge on any atom is 0.248 e. The van der Waals surface area contributed by atoms with Crippen LogP contribution < -0.4 is 10.6 Å². The van der Waals surface area contributed by atoms with Crippen LogP contribution in [0, 0.1) is 5.82 Å². The number of rotatable bonds is 3. The molecule has 1 aromatic heterocycles. The first-order chi connectivity index (χ1) is 8.69. The molecule has 0 atom stereocenters. The van der Waals surface area contributed by atoms with Gasteiger partial charge in [0.05, 0.1) is 6.54 Å². The first kappa shape index (κ1) is 12.4. The number of hydrogen-bond donors (Lipinski definition) is 2. The lowest BCUT2D eigenvalue weighted by Crippen LogP contribution is -2.24. The quantitative estimate of drug-likeness (QED) is 0.821. The molecule has 0 amide bonds. The van der Waals surface area contributed by atoms with Crippen LogP contribution in [0.15, 0.2) is 30.6 Å². The Balaban J connectivity index is 2.07. The molecule has 0 radical (unpaired) electrons. The third-order valence-corrected chi connectivity index (χ3v) is 2.59. The van der Waals surface area contributed by atoms with Crippen LogP contribution in [-0.4, -0.2) is 26.9 Å². The van der Waals surface area contributed by atoms with E-state index in [9.17, 15) is 4.39 Å². The lowest BCUT2D eigenvalue weighted by Gasteiger charge is -2.03. The van der Waals surface area contributed by atoms with E-state index >= 15 is 0 Å². The van der Waals surface area contributed by atoms with Gasteiger partial charge in [-0.1, -0.05) is 18.2 Å². The van der Waals surface area contributed by atoms with Crippen molar-refractivity contribution in [1.82, 2.24) is 20.1 Å². The largest absolute Gasteiger partial charge is 0.365 e. The Hall–Kier alpha value is -2.02. The van der Waals surface area contributed by atoms with Crippen LogP contribution in [0.25, 0.3) is 0 Å². The second kappa shape index (κ2) is 5.54. The van der Waals surface area contributed by atoms with Crippen LogP contribution in [0.1, 0.15) is 5.56 Å². The molecule has 0 saturated heterocycles. The fourth-order valence-electron chi connectivity index (χ4n) is 1.39. The number of aromatic nitrogens is 3. The topological polar surface area (TPSA) is 54.8 Å². The normalized spacial score (nSPS) is 10.1. The smallest absolute Gasteiger partial charge is 0.248 e. The second-order valence-corrected chi connectivity index (χ2v) is 3.97. The fourth-order valence-corrected chi connectivity index (χ4v) is 1.48. The Kier molecular flexibility index (Phi) is 3.83. The molecule has 2 aromatic rings.